The first-order chi connectivity index (χ1) is 9.47. The Morgan fingerprint density at radius 1 is 1.35 bits per heavy atom. The van der Waals surface area contributed by atoms with Crippen LogP contribution in [0.15, 0.2) is 16.6 Å². The fourth-order valence-corrected chi connectivity index (χ4v) is 2.18. The van der Waals surface area contributed by atoms with Crippen LogP contribution in [0.4, 0.5) is 11.8 Å². The fraction of sp³-hybridized carbons (Fsp3) is 0.0833. The van der Waals surface area contributed by atoms with Crippen molar-refractivity contribution in [2.45, 2.75) is 0 Å². The molecule has 0 spiro atoms. The maximum absolute atomic E-state index is 10.0. The first-order valence-corrected chi connectivity index (χ1v) is 6.17. The van der Waals surface area contributed by atoms with Crippen LogP contribution >= 0.6 is 15.9 Å². The van der Waals surface area contributed by atoms with E-state index in [1.54, 1.807) is 0 Å². The summed E-state index contributed by atoms with van der Waals surface area (Å²) in [7, 11) is 1.48. The van der Waals surface area contributed by atoms with Gasteiger partial charge >= 0.3 is 0 Å². The lowest BCUT2D eigenvalue weighted by atomic mass is 10.1. The van der Waals surface area contributed by atoms with Crippen molar-refractivity contribution in [2.75, 3.05) is 18.6 Å². The zero-order chi connectivity index (χ0) is 14.9. The number of aromatic nitrogens is 2. The summed E-state index contributed by atoms with van der Waals surface area (Å²) in [5.41, 5.74) is 11.7. The Morgan fingerprint density at radius 3 is 2.65 bits per heavy atom. The van der Waals surface area contributed by atoms with Crippen molar-refractivity contribution in [3.63, 3.8) is 0 Å². The lowest BCUT2D eigenvalue weighted by molar-refractivity contribution is 0.410. The number of hydrogen-bond acceptors (Lipinski definition) is 7. The number of phenolic OH excluding ortho intramolecular Hbond substituents is 1. The molecule has 1 heterocycles. The number of ether oxygens (including phenoxy) is 1. The fourth-order valence-electron chi connectivity index (χ4n) is 1.69. The Balaban J connectivity index is 2.78. The highest BCUT2D eigenvalue weighted by molar-refractivity contribution is 9.10. The molecule has 1 aromatic carbocycles. The summed E-state index contributed by atoms with van der Waals surface area (Å²) in [6.07, 6.45) is 0. The van der Waals surface area contributed by atoms with Crippen molar-refractivity contribution >= 4 is 27.7 Å². The summed E-state index contributed by atoms with van der Waals surface area (Å²) in [4.78, 5) is 7.69. The Morgan fingerprint density at radius 2 is 2.05 bits per heavy atom. The molecule has 2 aromatic rings. The quantitative estimate of drug-likeness (QED) is 0.760. The van der Waals surface area contributed by atoms with Gasteiger partial charge in [0.2, 0.25) is 5.95 Å². The summed E-state index contributed by atoms with van der Waals surface area (Å²) in [5.74, 6) is 0.248. The third-order valence-corrected chi connectivity index (χ3v) is 3.21. The van der Waals surface area contributed by atoms with Crippen molar-refractivity contribution < 1.29 is 9.84 Å². The Hall–Kier alpha value is -2.53. The van der Waals surface area contributed by atoms with Gasteiger partial charge in [0.25, 0.3) is 0 Å². The molecule has 102 valence electrons. The van der Waals surface area contributed by atoms with E-state index in [-0.39, 0.29) is 34.3 Å². The number of nitrogens with zero attached hydrogens (tertiary/aromatic N) is 3. The second-order valence-corrected chi connectivity index (χ2v) is 4.66. The molecule has 7 nitrogen and oxygen atoms in total. The maximum atomic E-state index is 10.0. The number of methoxy groups -OCH3 is 1. The van der Waals surface area contributed by atoms with E-state index in [0.717, 1.165) is 0 Å². The minimum absolute atomic E-state index is 0.0406. The molecular formula is C12H10BrN5O2. The summed E-state index contributed by atoms with van der Waals surface area (Å²) in [6.45, 7) is 0. The molecule has 2 rings (SSSR count). The Kier molecular flexibility index (Phi) is 3.63. The van der Waals surface area contributed by atoms with Crippen molar-refractivity contribution in [3.05, 3.63) is 22.2 Å². The lowest BCUT2D eigenvalue weighted by Crippen LogP contribution is -2.05. The molecule has 1 aromatic heterocycles. The van der Waals surface area contributed by atoms with Gasteiger partial charge in [-0.05, 0) is 28.1 Å². The molecule has 0 radical (unpaired) electrons. The molecule has 0 amide bonds. The SMILES string of the molecule is COc1cc(-c2nc(N)nc(N)c2C#N)c(O)cc1Br. The number of phenols is 1. The molecule has 0 bridgehead atoms. The van der Waals surface area contributed by atoms with Crippen molar-refractivity contribution in [2.24, 2.45) is 0 Å². The number of nitrogen functional groups attached to an aromatic ring is 2. The smallest absolute Gasteiger partial charge is 0.222 e. The lowest BCUT2D eigenvalue weighted by Gasteiger charge is -2.11. The van der Waals surface area contributed by atoms with E-state index in [4.69, 9.17) is 21.5 Å². The van der Waals surface area contributed by atoms with E-state index < -0.39 is 0 Å². The summed E-state index contributed by atoms with van der Waals surface area (Å²) in [5, 5.41) is 19.2. The van der Waals surface area contributed by atoms with Gasteiger partial charge in [0.1, 0.15) is 28.9 Å². The van der Waals surface area contributed by atoms with Gasteiger partial charge in [0.05, 0.1) is 17.3 Å². The zero-order valence-corrected chi connectivity index (χ0v) is 12.0. The number of benzene rings is 1. The Bertz CT molecular complexity index is 727. The van der Waals surface area contributed by atoms with E-state index in [1.165, 1.54) is 19.2 Å². The first-order valence-electron chi connectivity index (χ1n) is 5.38. The molecule has 5 N–H and O–H groups in total. The van der Waals surface area contributed by atoms with Crippen LogP contribution in [0.1, 0.15) is 5.56 Å². The Labute approximate surface area is 123 Å². The minimum atomic E-state index is -0.0910. The minimum Gasteiger partial charge on any atom is -0.507 e. The predicted octanol–water partition coefficient (Wildman–Crippen LogP) is 1.66. The van der Waals surface area contributed by atoms with Crippen LogP contribution < -0.4 is 16.2 Å². The van der Waals surface area contributed by atoms with E-state index in [0.29, 0.717) is 10.2 Å². The van der Waals surface area contributed by atoms with Crippen molar-refractivity contribution in [1.29, 1.82) is 5.26 Å². The van der Waals surface area contributed by atoms with Crippen LogP contribution in [0.2, 0.25) is 0 Å². The van der Waals surface area contributed by atoms with Gasteiger partial charge in [0.15, 0.2) is 0 Å². The van der Waals surface area contributed by atoms with E-state index in [2.05, 4.69) is 25.9 Å². The normalized spacial score (nSPS) is 10.1. The number of nitrogens with two attached hydrogens (primary N) is 2. The number of halogens is 1. The number of aromatic hydroxyl groups is 1. The molecule has 0 atom stereocenters. The topological polar surface area (TPSA) is 131 Å². The molecular weight excluding hydrogens is 326 g/mol. The predicted molar refractivity (Wildman–Crippen MR) is 76.9 cm³/mol. The number of nitriles is 1. The zero-order valence-electron chi connectivity index (χ0n) is 10.4. The van der Waals surface area contributed by atoms with E-state index in [1.807, 2.05) is 6.07 Å². The highest BCUT2D eigenvalue weighted by Crippen LogP contribution is 2.39. The van der Waals surface area contributed by atoms with Crippen molar-refractivity contribution in [3.8, 4) is 28.8 Å². The maximum Gasteiger partial charge on any atom is 0.222 e. The molecule has 0 aliphatic heterocycles. The van der Waals surface area contributed by atoms with Gasteiger partial charge in [0, 0.05) is 5.56 Å². The summed E-state index contributed by atoms with van der Waals surface area (Å²) >= 11 is 3.25. The molecule has 0 fully saturated rings. The second-order valence-electron chi connectivity index (χ2n) is 3.81. The van der Waals surface area contributed by atoms with Gasteiger partial charge in [-0.3, -0.25) is 0 Å². The third kappa shape index (κ3) is 2.31. The third-order valence-electron chi connectivity index (χ3n) is 2.59. The number of anilines is 2. The molecule has 0 saturated heterocycles. The van der Waals surface area contributed by atoms with Gasteiger partial charge in [-0.1, -0.05) is 0 Å². The van der Waals surface area contributed by atoms with Gasteiger partial charge in [-0.15, -0.1) is 0 Å². The first kappa shape index (κ1) is 13.9. The molecule has 0 unspecified atom stereocenters. The monoisotopic (exact) mass is 335 g/mol. The van der Waals surface area contributed by atoms with Crippen LogP contribution in [-0.4, -0.2) is 22.2 Å². The average molecular weight is 336 g/mol. The molecule has 0 aliphatic carbocycles. The van der Waals surface area contributed by atoms with E-state index >= 15 is 0 Å². The van der Waals surface area contributed by atoms with Gasteiger partial charge < -0.3 is 21.3 Å². The highest BCUT2D eigenvalue weighted by Gasteiger charge is 2.18. The highest BCUT2D eigenvalue weighted by atomic mass is 79.9. The van der Waals surface area contributed by atoms with Crippen LogP contribution in [0.5, 0.6) is 11.5 Å². The molecule has 0 saturated carbocycles. The number of hydrogen-bond donors (Lipinski definition) is 3. The second kappa shape index (κ2) is 5.22. The molecule has 20 heavy (non-hydrogen) atoms. The van der Waals surface area contributed by atoms with Gasteiger partial charge in [-0.2, -0.15) is 10.2 Å². The number of rotatable bonds is 2. The molecule has 8 heteroatoms. The average Bonchev–Trinajstić information content (AvgIpc) is 2.38. The van der Waals surface area contributed by atoms with Crippen LogP contribution in [0, 0.1) is 11.3 Å². The van der Waals surface area contributed by atoms with E-state index in [9.17, 15) is 5.11 Å². The summed E-state index contributed by atoms with van der Waals surface area (Å²) < 4.78 is 5.71. The van der Waals surface area contributed by atoms with Crippen LogP contribution in [0.3, 0.4) is 0 Å². The largest absolute Gasteiger partial charge is 0.507 e. The van der Waals surface area contributed by atoms with Crippen LogP contribution in [0.25, 0.3) is 11.3 Å². The van der Waals surface area contributed by atoms with Crippen LogP contribution in [-0.2, 0) is 0 Å². The standard InChI is InChI=1S/C12H10BrN5O2/c1-20-9-2-5(8(19)3-7(9)13)10-6(4-14)11(15)18-12(16)17-10/h2-3,19H,1H3,(H4,15,16,17,18). The summed E-state index contributed by atoms with van der Waals surface area (Å²) in [6, 6.07) is 4.86. The van der Waals surface area contributed by atoms with Gasteiger partial charge in [-0.25, -0.2) is 4.98 Å². The molecule has 0 aliphatic rings. The van der Waals surface area contributed by atoms with Crippen molar-refractivity contribution in [1.82, 2.24) is 9.97 Å².